The number of benzene rings is 2. The molecular formula is C20H22ClFN2O2. The van der Waals surface area contributed by atoms with Crippen molar-refractivity contribution in [1.82, 2.24) is 10.2 Å². The maximum Gasteiger partial charge on any atom is 0.335 e. The van der Waals surface area contributed by atoms with E-state index in [4.69, 9.17) is 16.7 Å². The van der Waals surface area contributed by atoms with Gasteiger partial charge < -0.3 is 10.4 Å². The van der Waals surface area contributed by atoms with Gasteiger partial charge in [-0.25, -0.2) is 9.18 Å². The van der Waals surface area contributed by atoms with E-state index in [0.29, 0.717) is 35.3 Å². The zero-order chi connectivity index (χ0) is 18.5. The largest absolute Gasteiger partial charge is 0.478 e. The number of hydrogen-bond donors (Lipinski definition) is 2. The van der Waals surface area contributed by atoms with Crippen LogP contribution in [0.25, 0.3) is 0 Å². The number of likely N-dealkylation sites (tertiary alicyclic amines) is 1. The van der Waals surface area contributed by atoms with Gasteiger partial charge in [0.1, 0.15) is 5.82 Å². The summed E-state index contributed by atoms with van der Waals surface area (Å²) in [6.07, 6.45) is 1.97. The number of piperidine rings is 1. The number of nitrogens with one attached hydrogen (secondary N) is 1. The molecule has 1 aliphatic heterocycles. The highest BCUT2D eigenvalue weighted by atomic mass is 35.5. The van der Waals surface area contributed by atoms with Crippen LogP contribution in [-0.4, -0.2) is 35.1 Å². The molecule has 3 rings (SSSR count). The minimum absolute atomic E-state index is 0.248. The fourth-order valence-corrected chi connectivity index (χ4v) is 3.45. The first kappa shape index (κ1) is 18.8. The van der Waals surface area contributed by atoms with Crippen molar-refractivity contribution in [1.29, 1.82) is 0 Å². The smallest absolute Gasteiger partial charge is 0.335 e. The van der Waals surface area contributed by atoms with Gasteiger partial charge in [0.05, 0.1) is 5.56 Å². The topological polar surface area (TPSA) is 52.6 Å². The Kier molecular flexibility index (Phi) is 6.25. The molecule has 4 nitrogen and oxygen atoms in total. The molecule has 0 unspecified atom stereocenters. The lowest BCUT2D eigenvalue weighted by Gasteiger charge is -2.32. The van der Waals surface area contributed by atoms with E-state index < -0.39 is 5.97 Å². The van der Waals surface area contributed by atoms with E-state index in [-0.39, 0.29) is 5.82 Å². The van der Waals surface area contributed by atoms with E-state index in [0.717, 1.165) is 31.5 Å². The molecule has 1 saturated heterocycles. The second kappa shape index (κ2) is 8.62. The molecule has 1 aliphatic rings. The third-order valence-electron chi connectivity index (χ3n) is 4.83. The molecule has 1 fully saturated rings. The van der Waals surface area contributed by atoms with Crippen molar-refractivity contribution in [2.45, 2.75) is 32.0 Å². The minimum Gasteiger partial charge on any atom is -0.478 e. The van der Waals surface area contributed by atoms with Crippen molar-refractivity contribution in [3.05, 3.63) is 70.0 Å². The summed E-state index contributed by atoms with van der Waals surface area (Å²) in [7, 11) is 0. The Balaban J connectivity index is 1.46. The monoisotopic (exact) mass is 376 g/mol. The molecular weight excluding hydrogens is 355 g/mol. The number of rotatable bonds is 6. The molecule has 0 radical (unpaired) electrons. The second-order valence-corrected chi connectivity index (χ2v) is 7.04. The number of halogens is 2. The van der Waals surface area contributed by atoms with Gasteiger partial charge in [0.15, 0.2) is 0 Å². The molecule has 2 aromatic carbocycles. The first-order chi connectivity index (χ1) is 12.5. The normalized spacial score (nSPS) is 15.9. The van der Waals surface area contributed by atoms with Crippen LogP contribution < -0.4 is 5.32 Å². The fraction of sp³-hybridized carbons (Fsp3) is 0.350. The van der Waals surface area contributed by atoms with Crippen LogP contribution in [-0.2, 0) is 13.1 Å². The quantitative estimate of drug-likeness (QED) is 0.802. The summed E-state index contributed by atoms with van der Waals surface area (Å²) in [6.45, 7) is 3.03. The number of carboxylic acids is 1. The first-order valence-electron chi connectivity index (χ1n) is 8.74. The zero-order valence-corrected chi connectivity index (χ0v) is 15.2. The third-order valence-corrected chi connectivity index (χ3v) is 5.18. The summed E-state index contributed by atoms with van der Waals surface area (Å²) in [5.41, 5.74) is 1.93. The van der Waals surface area contributed by atoms with Crippen LogP contribution in [0.3, 0.4) is 0 Å². The van der Waals surface area contributed by atoms with Crippen molar-refractivity contribution in [2.75, 3.05) is 13.1 Å². The Hall–Kier alpha value is -1.95. The molecule has 0 amide bonds. The van der Waals surface area contributed by atoms with Crippen molar-refractivity contribution >= 4 is 17.6 Å². The van der Waals surface area contributed by atoms with Crippen LogP contribution in [0.4, 0.5) is 4.39 Å². The van der Waals surface area contributed by atoms with Gasteiger partial charge in [0.25, 0.3) is 0 Å². The zero-order valence-electron chi connectivity index (χ0n) is 14.4. The van der Waals surface area contributed by atoms with E-state index in [1.807, 2.05) is 12.1 Å². The lowest BCUT2D eigenvalue weighted by Crippen LogP contribution is -2.42. The predicted octanol–water partition coefficient (Wildman–Crippen LogP) is 3.93. The van der Waals surface area contributed by atoms with Crippen LogP contribution in [0.15, 0.2) is 42.5 Å². The molecule has 0 spiro atoms. The Morgan fingerprint density at radius 1 is 1.19 bits per heavy atom. The lowest BCUT2D eigenvalue weighted by atomic mass is 10.0. The summed E-state index contributed by atoms with van der Waals surface area (Å²) in [5, 5.41) is 12.9. The summed E-state index contributed by atoms with van der Waals surface area (Å²) in [5.74, 6) is -1.16. The van der Waals surface area contributed by atoms with Gasteiger partial charge in [-0.2, -0.15) is 0 Å². The van der Waals surface area contributed by atoms with E-state index in [9.17, 15) is 9.18 Å². The second-order valence-electron chi connectivity index (χ2n) is 6.63. The fourth-order valence-electron chi connectivity index (χ4n) is 3.23. The van der Waals surface area contributed by atoms with Crippen molar-refractivity contribution in [2.24, 2.45) is 0 Å². The van der Waals surface area contributed by atoms with E-state index >= 15 is 0 Å². The molecule has 1 heterocycles. The molecule has 138 valence electrons. The molecule has 0 bridgehead atoms. The Morgan fingerprint density at radius 2 is 1.88 bits per heavy atom. The van der Waals surface area contributed by atoms with E-state index in [1.165, 1.54) is 6.07 Å². The number of carbonyl (C=O) groups is 1. The number of nitrogens with zero attached hydrogens (tertiary/aromatic N) is 1. The number of carboxylic acid groups (broad SMARTS) is 1. The Bertz CT molecular complexity index is 739. The van der Waals surface area contributed by atoms with Gasteiger partial charge in [-0.05, 0) is 55.8 Å². The summed E-state index contributed by atoms with van der Waals surface area (Å²) >= 11 is 6.11. The molecule has 2 N–H and O–H groups in total. The van der Waals surface area contributed by atoms with Gasteiger partial charge in [-0.15, -0.1) is 0 Å². The third kappa shape index (κ3) is 4.81. The predicted molar refractivity (Wildman–Crippen MR) is 100.0 cm³/mol. The lowest BCUT2D eigenvalue weighted by molar-refractivity contribution is 0.0697. The van der Waals surface area contributed by atoms with Crippen LogP contribution >= 0.6 is 11.6 Å². The summed E-state index contributed by atoms with van der Waals surface area (Å²) in [6, 6.07) is 12.1. The Morgan fingerprint density at radius 3 is 2.50 bits per heavy atom. The van der Waals surface area contributed by atoms with Gasteiger partial charge in [-0.3, -0.25) is 4.90 Å². The van der Waals surface area contributed by atoms with Crippen molar-refractivity contribution in [3.63, 3.8) is 0 Å². The van der Waals surface area contributed by atoms with Crippen LogP contribution in [0, 0.1) is 5.82 Å². The highest BCUT2D eigenvalue weighted by Gasteiger charge is 2.20. The average Bonchev–Trinajstić information content (AvgIpc) is 2.64. The van der Waals surface area contributed by atoms with Gasteiger partial charge in [0.2, 0.25) is 0 Å². The Labute approximate surface area is 157 Å². The first-order valence-corrected chi connectivity index (χ1v) is 9.11. The van der Waals surface area contributed by atoms with Crippen LogP contribution in [0.1, 0.15) is 34.3 Å². The number of hydrogen-bond acceptors (Lipinski definition) is 3. The molecule has 0 saturated carbocycles. The van der Waals surface area contributed by atoms with Gasteiger partial charge in [-0.1, -0.05) is 29.8 Å². The maximum absolute atomic E-state index is 13.9. The minimum atomic E-state index is -0.910. The molecule has 2 aromatic rings. The number of aromatic carboxylic acids is 1. The highest BCUT2D eigenvalue weighted by molar-refractivity contribution is 6.31. The van der Waals surface area contributed by atoms with E-state index in [2.05, 4.69) is 10.2 Å². The molecule has 6 heteroatoms. The molecule has 0 aromatic heterocycles. The molecule has 26 heavy (non-hydrogen) atoms. The SMILES string of the molecule is O=C(O)c1ccc(CNC2CCN(Cc3c(F)cccc3Cl)CC2)cc1. The van der Waals surface area contributed by atoms with Crippen molar-refractivity contribution < 1.29 is 14.3 Å². The van der Waals surface area contributed by atoms with Crippen LogP contribution in [0.5, 0.6) is 0 Å². The van der Waals surface area contributed by atoms with Crippen LogP contribution in [0.2, 0.25) is 5.02 Å². The van der Waals surface area contributed by atoms with Crippen molar-refractivity contribution in [3.8, 4) is 0 Å². The van der Waals surface area contributed by atoms with Gasteiger partial charge in [0, 0.05) is 29.7 Å². The highest BCUT2D eigenvalue weighted by Crippen LogP contribution is 2.22. The average molecular weight is 377 g/mol. The van der Waals surface area contributed by atoms with E-state index in [1.54, 1.807) is 24.3 Å². The molecule has 0 aliphatic carbocycles. The molecule has 0 atom stereocenters. The van der Waals surface area contributed by atoms with Gasteiger partial charge >= 0.3 is 5.97 Å². The standard InChI is InChI=1S/C20H22ClFN2O2/c21-18-2-1-3-19(22)17(18)13-24-10-8-16(9-11-24)23-12-14-4-6-15(7-5-14)20(25)26/h1-7,16,23H,8-13H2,(H,25,26). The summed E-state index contributed by atoms with van der Waals surface area (Å²) in [4.78, 5) is 13.1. The summed E-state index contributed by atoms with van der Waals surface area (Å²) < 4.78 is 13.9. The maximum atomic E-state index is 13.9.